The standard InChI is InChI=1S/C26H35N5O4/c1-4-19-7-11-21(12-8-19)25(33)30-22(5-2)17-29-31-26(34)28-16-15-20-9-13-23(14-10-20)35-18-24(32)27-6-3/h7-14,17,22H,4-6,15-16,18H2,1-3H3,(H,27,32)(H,30,33)(H2,28,31,34)/b29-17+/t22-/m0/s1. The summed E-state index contributed by atoms with van der Waals surface area (Å²) >= 11 is 0. The summed E-state index contributed by atoms with van der Waals surface area (Å²) in [4.78, 5) is 35.8. The molecule has 188 valence electrons. The van der Waals surface area contributed by atoms with Crippen LogP contribution in [0.15, 0.2) is 53.6 Å². The van der Waals surface area contributed by atoms with E-state index >= 15 is 0 Å². The van der Waals surface area contributed by atoms with Crippen LogP contribution in [0.2, 0.25) is 0 Å². The number of carbonyl (C=O) groups excluding carboxylic acids is 3. The second-order valence-corrected chi connectivity index (χ2v) is 7.82. The van der Waals surface area contributed by atoms with Crippen molar-refractivity contribution < 1.29 is 19.1 Å². The molecular weight excluding hydrogens is 446 g/mol. The SMILES string of the molecule is CCNC(=O)COc1ccc(CCNC(=O)N/N=C/[C@H](CC)NC(=O)c2ccc(CC)cc2)cc1. The van der Waals surface area contributed by atoms with Gasteiger partial charge in [0.05, 0.1) is 6.04 Å². The lowest BCUT2D eigenvalue weighted by atomic mass is 10.1. The lowest BCUT2D eigenvalue weighted by Crippen LogP contribution is -2.37. The van der Waals surface area contributed by atoms with E-state index in [-0.39, 0.29) is 24.5 Å². The highest BCUT2D eigenvalue weighted by atomic mass is 16.5. The highest BCUT2D eigenvalue weighted by Gasteiger charge is 2.10. The highest BCUT2D eigenvalue weighted by Crippen LogP contribution is 2.12. The number of amides is 4. The fourth-order valence-electron chi connectivity index (χ4n) is 3.08. The Hall–Kier alpha value is -3.88. The van der Waals surface area contributed by atoms with Crippen LogP contribution < -0.4 is 26.1 Å². The van der Waals surface area contributed by atoms with E-state index in [1.165, 1.54) is 11.8 Å². The van der Waals surface area contributed by atoms with Gasteiger partial charge in [-0.1, -0.05) is 38.1 Å². The van der Waals surface area contributed by atoms with Gasteiger partial charge in [0.25, 0.3) is 11.8 Å². The van der Waals surface area contributed by atoms with Gasteiger partial charge in [-0.3, -0.25) is 9.59 Å². The van der Waals surface area contributed by atoms with Crippen molar-refractivity contribution in [3.8, 4) is 5.75 Å². The number of rotatable bonds is 13. The average molecular weight is 482 g/mol. The number of benzene rings is 2. The zero-order valence-corrected chi connectivity index (χ0v) is 20.6. The lowest BCUT2D eigenvalue weighted by molar-refractivity contribution is -0.122. The summed E-state index contributed by atoms with van der Waals surface area (Å²) in [5, 5.41) is 12.2. The molecule has 0 fully saturated rings. The Morgan fingerprint density at radius 3 is 2.26 bits per heavy atom. The first-order chi connectivity index (χ1) is 16.9. The van der Waals surface area contributed by atoms with Crippen LogP contribution in [0.4, 0.5) is 4.79 Å². The smallest absolute Gasteiger partial charge is 0.335 e. The Morgan fingerprint density at radius 2 is 1.63 bits per heavy atom. The van der Waals surface area contributed by atoms with Crippen LogP contribution in [-0.4, -0.2) is 49.8 Å². The van der Waals surface area contributed by atoms with E-state index in [1.54, 1.807) is 24.3 Å². The van der Waals surface area contributed by atoms with Gasteiger partial charge in [0, 0.05) is 24.9 Å². The fraction of sp³-hybridized carbons (Fsp3) is 0.385. The molecule has 0 heterocycles. The molecule has 35 heavy (non-hydrogen) atoms. The van der Waals surface area contributed by atoms with E-state index in [4.69, 9.17) is 4.74 Å². The number of hydrogen-bond acceptors (Lipinski definition) is 5. The summed E-state index contributed by atoms with van der Waals surface area (Å²) in [6.07, 6.45) is 3.69. The molecule has 0 radical (unpaired) electrons. The Labute approximate surface area is 206 Å². The Morgan fingerprint density at radius 1 is 0.943 bits per heavy atom. The summed E-state index contributed by atoms with van der Waals surface area (Å²) in [5.41, 5.74) is 5.19. The van der Waals surface area contributed by atoms with Crippen LogP contribution in [0.25, 0.3) is 0 Å². The first-order valence-electron chi connectivity index (χ1n) is 11.9. The highest BCUT2D eigenvalue weighted by molar-refractivity contribution is 5.96. The molecule has 2 aromatic rings. The van der Waals surface area contributed by atoms with Gasteiger partial charge >= 0.3 is 6.03 Å². The van der Waals surface area contributed by atoms with Gasteiger partial charge < -0.3 is 20.7 Å². The molecule has 0 spiro atoms. The normalized spacial score (nSPS) is 11.5. The minimum absolute atomic E-state index is 0.0238. The van der Waals surface area contributed by atoms with Crippen molar-refractivity contribution in [1.29, 1.82) is 0 Å². The Balaban J connectivity index is 1.69. The predicted octanol–water partition coefficient (Wildman–Crippen LogP) is 2.80. The first kappa shape index (κ1) is 27.4. The van der Waals surface area contributed by atoms with Crippen LogP contribution in [0, 0.1) is 0 Å². The molecule has 0 aliphatic rings. The zero-order valence-electron chi connectivity index (χ0n) is 20.6. The zero-order chi connectivity index (χ0) is 25.5. The second kappa shape index (κ2) is 15.1. The molecule has 0 aliphatic heterocycles. The van der Waals surface area contributed by atoms with E-state index < -0.39 is 6.03 Å². The molecule has 0 saturated heterocycles. The van der Waals surface area contributed by atoms with Crippen molar-refractivity contribution in [2.75, 3.05) is 19.7 Å². The van der Waals surface area contributed by atoms with Gasteiger partial charge in [-0.15, -0.1) is 0 Å². The van der Waals surface area contributed by atoms with E-state index in [2.05, 4.69) is 33.4 Å². The molecule has 9 nitrogen and oxygen atoms in total. The summed E-state index contributed by atoms with van der Waals surface area (Å²) in [6.45, 7) is 6.80. The first-order valence-corrected chi connectivity index (χ1v) is 11.9. The van der Waals surface area contributed by atoms with Crippen molar-refractivity contribution in [1.82, 2.24) is 21.4 Å². The molecule has 0 saturated carbocycles. The van der Waals surface area contributed by atoms with Crippen LogP contribution in [0.3, 0.4) is 0 Å². The molecule has 0 aliphatic carbocycles. The summed E-state index contributed by atoms with van der Waals surface area (Å²) < 4.78 is 5.42. The van der Waals surface area contributed by atoms with Crippen molar-refractivity contribution >= 4 is 24.1 Å². The number of likely N-dealkylation sites (N-methyl/N-ethyl adjacent to an activating group) is 1. The van der Waals surface area contributed by atoms with E-state index in [9.17, 15) is 14.4 Å². The second-order valence-electron chi connectivity index (χ2n) is 7.82. The third-order valence-electron chi connectivity index (χ3n) is 5.17. The van der Waals surface area contributed by atoms with Crippen molar-refractivity contribution in [2.45, 2.75) is 46.1 Å². The quantitative estimate of drug-likeness (QED) is 0.260. The van der Waals surface area contributed by atoms with Crippen LogP contribution >= 0.6 is 0 Å². The topological polar surface area (TPSA) is 121 Å². The third kappa shape index (κ3) is 10.3. The molecule has 2 aromatic carbocycles. The number of hydrazone groups is 1. The number of nitrogens with zero attached hydrogens (tertiary/aromatic N) is 1. The average Bonchev–Trinajstić information content (AvgIpc) is 2.87. The number of ether oxygens (including phenoxy) is 1. The fourth-order valence-corrected chi connectivity index (χ4v) is 3.08. The van der Waals surface area contributed by atoms with Crippen LogP contribution in [0.1, 0.15) is 48.7 Å². The van der Waals surface area contributed by atoms with E-state index in [0.717, 1.165) is 12.0 Å². The Bertz CT molecular complexity index is 974. The van der Waals surface area contributed by atoms with E-state index in [0.29, 0.717) is 37.2 Å². The van der Waals surface area contributed by atoms with E-state index in [1.807, 2.05) is 38.1 Å². The maximum atomic E-state index is 12.4. The number of carbonyl (C=O) groups is 3. The molecule has 2 rings (SSSR count). The van der Waals surface area contributed by atoms with Crippen LogP contribution in [0.5, 0.6) is 5.75 Å². The van der Waals surface area contributed by atoms with Gasteiger partial charge in [-0.25, -0.2) is 10.2 Å². The number of urea groups is 1. The van der Waals surface area contributed by atoms with Gasteiger partial charge in [0.15, 0.2) is 6.61 Å². The molecule has 0 bridgehead atoms. The molecule has 0 unspecified atom stereocenters. The molecule has 0 aromatic heterocycles. The molecule has 4 N–H and O–H groups in total. The summed E-state index contributed by atoms with van der Waals surface area (Å²) in [6, 6.07) is 14.1. The Kier molecular flexibility index (Phi) is 11.8. The summed E-state index contributed by atoms with van der Waals surface area (Å²) in [5.74, 6) is 0.260. The maximum Gasteiger partial charge on any atom is 0.335 e. The lowest BCUT2D eigenvalue weighted by Gasteiger charge is -2.12. The third-order valence-corrected chi connectivity index (χ3v) is 5.17. The monoisotopic (exact) mass is 481 g/mol. The van der Waals surface area contributed by atoms with Gasteiger partial charge in [0.2, 0.25) is 0 Å². The molecule has 1 atom stereocenters. The largest absolute Gasteiger partial charge is 0.484 e. The number of hydrogen-bond donors (Lipinski definition) is 4. The van der Waals surface area contributed by atoms with Crippen molar-refractivity contribution in [3.05, 3.63) is 65.2 Å². The minimum Gasteiger partial charge on any atom is -0.484 e. The molecule has 4 amide bonds. The number of aryl methyl sites for hydroxylation is 1. The minimum atomic E-state index is -0.431. The van der Waals surface area contributed by atoms with Gasteiger partial charge in [-0.2, -0.15) is 5.10 Å². The molecule has 9 heteroatoms. The van der Waals surface area contributed by atoms with Gasteiger partial charge in [-0.05, 0) is 61.6 Å². The molecular formula is C26H35N5O4. The van der Waals surface area contributed by atoms with Crippen LogP contribution in [-0.2, 0) is 17.6 Å². The number of nitrogens with one attached hydrogen (secondary N) is 4. The van der Waals surface area contributed by atoms with Gasteiger partial charge in [0.1, 0.15) is 5.75 Å². The maximum absolute atomic E-state index is 12.4. The van der Waals surface area contributed by atoms with Crippen molar-refractivity contribution in [2.24, 2.45) is 5.10 Å². The predicted molar refractivity (Wildman–Crippen MR) is 137 cm³/mol. The van der Waals surface area contributed by atoms with Crippen molar-refractivity contribution in [3.63, 3.8) is 0 Å². The summed E-state index contributed by atoms with van der Waals surface area (Å²) in [7, 11) is 0.